The molecular weight excluding hydrogens is 410 g/mol. The molecule has 3 aromatic rings. The number of benzene rings is 2. The van der Waals surface area contributed by atoms with Crippen molar-refractivity contribution in [1.82, 2.24) is 14.8 Å². The minimum Gasteiger partial charge on any atom is -0.495 e. The van der Waals surface area contributed by atoms with E-state index in [0.717, 1.165) is 54.2 Å². The van der Waals surface area contributed by atoms with Crippen molar-refractivity contribution in [3.05, 3.63) is 54.6 Å². The van der Waals surface area contributed by atoms with Gasteiger partial charge in [0.1, 0.15) is 5.75 Å². The third kappa shape index (κ3) is 5.19. The summed E-state index contributed by atoms with van der Waals surface area (Å²) in [6.45, 7) is 1.94. The highest BCUT2D eigenvalue weighted by molar-refractivity contribution is 7.99. The van der Waals surface area contributed by atoms with Gasteiger partial charge in [-0.15, -0.1) is 10.2 Å². The number of aromatic nitrogens is 3. The van der Waals surface area contributed by atoms with E-state index in [1.165, 1.54) is 18.2 Å². The number of ether oxygens (including phenoxy) is 1. The summed E-state index contributed by atoms with van der Waals surface area (Å²) in [5, 5.41) is 12.7. The van der Waals surface area contributed by atoms with Crippen molar-refractivity contribution in [2.24, 2.45) is 0 Å². The number of thioether (sulfide) groups is 1. The van der Waals surface area contributed by atoms with Crippen molar-refractivity contribution in [3.8, 4) is 11.4 Å². The van der Waals surface area contributed by atoms with E-state index in [2.05, 4.69) is 25.0 Å². The van der Waals surface area contributed by atoms with E-state index >= 15 is 0 Å². The maximum absolute atomic E-state index is 12.3. The summed E-state index contributed by atoms with van der Waals surface area (Å²) in [6.07, 6.45) is 3.94. The van der Waals surface area contributed by atoms with Crippen LogP contribution in [0.4, 0.5) is 11.6 Å². The highest BCUT2D eigenvalue weighted by Crippen LogP contribution is 2.33. The molecule has 7 nitrogen and oxygen atoms in total. The van der Waals surface area contributed by atoms with Crippen molar-refractivity contribution in [1.29, 1.82) is 0 Å². The normalized spacial score (nSPS) is 13.8. The number of hydrogen-bond acceptors (Lipinski definition) is 6. The molecule has 1 fully saturated rings. The van der Waals surface area contributed by atoms with Crippen LogP contribution in [0.25, 0.3) is 5.69 Å². The molecule has 1 amide bonds. The molecule has 4 rings (SSSR count). The average Bonchev–Trinajstić information content (AvgIpc) is 3.24. The lowest BCUT2D eigenvalue weighted by Crippen LogP contribution is -2.31. The van der Waals surface area contributed by atoms with Gasteiger partial charge in [-0.05, 0) is 43.5 Å². The van der Waals surface area contributed by atoms with Crippen molar-refractivity contribution in [2.45, 2.75) is 30.8 Å². The Labute approximate surface area is 186 Å². The van der Waals surface area contributed by atoms with Gasteiger partial charge in [0.2, 0.25) is 11.9 Å². The third-order valence-electron chi connectivity index (χ3n) is 5.20. The van der Waals surface area contributed by atoms with Crippen LogP contribution in [0.1, 0.15) is 25.7 Å². The fourth-order valence-electron chi connectivity index (χ4n) is 3.66. The molecule has 0 atom stereocenters. The lowest BCUT2D eigenvalue weighted by molar-refractivity contribution is -0.115. The number of nitrogens with one attached hydrogen (secondary N) is 1. The monoisotopic (exact) mass is 437 g/mol. The number of amides is 1. The lowest BCUT2D eigenvalue weighted by Gasteiger charge is -2.28. The maximum Gasteiger partial charge on any atom is 0.232 e. The van der Waals surface area contributed by atoms with Crippen LogP contribution in [0.3, 0.4) is 0 Å². The van der Waals surface area contributed by atoms with Gasteiger partial charge in [0.15, 0.2) is 5.16 Å². The molecule has 0 aliphatic carbocycles. The molecule has 162 valence electrons. The molecule has 1 saturated heterocycles. The number of methoxy groups -OCH3 is 1. The first-order chi connectivity index (χ1) is 15.3. The molecule has 0 radical (unpaired) electrons. The first-order valence-corrected chi connectivity index (χ1v) is 11.6. The van der Waals surface area contributed by atoms with Crippen molar-refractivity contribution >= 4 is 29.3 Å². The summed E-state index contributed by atoms with van der Waals surface area (Å²) in [6, 6.07) is 17.4. The predicted molar refractivity (Wildman–Crippen MR) is 124 cm³/mol. The number of nitrogens with zero attached hydrogens (tertiary/aromatic N) is 4. The van der Waals surface area contributed by atoms with Crippen LogP contribution in [-0.2, 0) is 4.79 Å². The molecule has 2 heterocycles. The first kappa shape index (κ1) is 21.2. The smallest absolute Gasteiger partial charge is 0.232 e. The minimum atomic E-state index is -0.0155. The van der Waals surface area contributed by atoms with Crippen molar-refractivity contribution in [3.63, 3.8) is 0 Å². The Hall–Kier alpha value is -3.00. The summed E-state index contributed by atoms with van der Waals surface area (Å²) < 4.78 is 7.67. The van der Waals surface area contributed by atoms with E-state index in [4.69, 9.17) is 4.74 Å². The second-order valence-electron chi connectivity index (χ2n) is 7.35. The predicted octanol–water partition coefficient (Wildman–Crippen LogP) is 4.39. The van der Waals surface area contributed by atoms with E-state index < -0.39 is 0 Å². The van der Waals surface area contributed by atoms with Gasteiger partial charge < -0.3 is 15.0 Å². The molecule has 31 heavy (non-hydrogen) atoms. The topological polar surface area (TPSA) is 72.3 Å². The van der Waals surface area contributed by atoms with Gasteiger partial charge in [0, 0.05) is 31.0 Å². The second-order valence-corrected chi connectivity index (χ2v) is 8.41. The fraction of sp³-hybridized carbons (Fsp3) is 0.348. The van der Waals surface area contributed by atoms with E-state index in [0.29, 0.717) is 12.2 Å². The molecule has 1 aliphatic rings. The van der Waals surface area contributed by atoms with Crippen LogP contribution in [0, 0.1) is 0 Å². The van der Waals surface area contributed by atoms with Crippen LogP contribution in [0.2, 0.25) is 0 Å². The van der Waals surface area contributed by atoms with Crippen LogP contribution in [-0.4, -0.2) is 46.6 Å². The Kier molecular flexibility index (Phi) is 7.09. The van der Waals surface area contributed by atoms with E-state index in [1.807, 2.05) is 54.6 Å². The van der Waals surface area contributed by atoms with E-state index in [1.54, 1.807) is 7.11 Å². The van der Waals surface area contributed by atoms with E-state index in [-0.39, 0.29) is 5.91 Å². The Balaban J connectivity index is 1.51. The Morgan fingerprint density at radius 3 is 2.55 bits per heavy atom. The summed E-state index contributed by atoms with van der Waals surface area (Å²) >= 11 is 1.53. The summed E-state index contributed by atoms with van der Waals surface area (Å²) in [4.78, 5) is 14.6. The van der Waals surface area contributed by atoms with Crippen LogP contribution >= 0.6 is 11.8 Å². The van der Waals surface area contributed by atoms with Gasteiger partial charge in [0.25, 0.3) is 0 Å². The highest BCUT2D eigenvalue weighted by atomic mass is 32.2. The summed E-state index contributed by atoms with van der Waals surface area (Å²) in [5.74, 6) is 2.19. The molecule has 2 aromatic carbocycles. The maximum atomic E-state index is 12.3. The molecule has 0 spiro atoms. The lowest BCUT2D eigenvalue weighted by atomic mass is 10.1. The largest absolute Gasteiger partial charge is 0.495 e. The van der Waals surface area contributed by atoms with Gasteiger partial charge in [-0.1, -0.05) is 42.1 Å². The van der Waals surface area contributed by atoms with Crippen molar-refractivity contribution in [2.75, 3.05) is 36.2 Å². The van der Waals surface area contributed by atoms with Crippen LogP contribution in [0.5, 0.6) is 5.75 Å². The number of anilines is 2. The zero-order chi connectivity index (χ0) is 21.5. The van der Waals surface area contributed by atoms with Gasteiger partial charge in [0.05, 0.1) is 12.8 Å². The molecule has 0 bridgehead atoms. The second kappa shape index (κ2) is 10.3. The standard InChI is InChI=1S/C23H27N5O2S/c1-30-20-13-7-6-12-19(20)28-22(27-15-8-3-9-16-27)25-26-23(28)31-17-14-21(29)24-18-10-4-2-5-11-18/h2,4-7,10-13H,3,8-9,14-17H2,1H3,(H,24,29). The summed E-state index contributed by atoms with van der Waals surface area (Å²) in [5.41, 5.74) is 1.72. The SMILES string of the molecule is COc1ccccc1-n1c(SCCC(=O)Nc2ccccc2)nnc1N1CCCCC1. The molecule has 1 N–H and O–H groups in total. The molecule has 1 aromatic heterocycles. The van der Waals surface area contributed by atoms with E-state index in [9.17, 15) is 4.79 Å². The van der Waals surface area contributed by atoms with Crippen molar-refractivity contribution < 1.29 is 9.53 Å². The Morgan fingerprint density at radius 1 is 1.03 bits per heavy atom. The molecule has 0 unspecified atom stereocenters. The number of piperidine rings is 1. The molecular formula is C23H27N5O2S. The third-order valence-corrected chi connectivity index (χ3v) is 6.13. The highest BCUT2D eigenvalue weighted by Gasteiger charge is 2.23. The minimum absolute atomic E-state index is 0.0155. The Morgan fingerprint density at radius 2 is 1.77 bits per heavy atom. The fourth-order valence-corrected chi connectivity index (χ4v) is 4.54. The van der Waals surface area contributed by atoms with Crippen LogP contribution in [0.15, 0.2) is 59.8 Å². The average molecular weight is 438 g/mol. The van der Waals surface area contributed by atoms with Gasteiger partial charge in [-0.3, -0.25) is 9.36 Å². The van der Waals surface area contributed by atoms with Gasteiger partial charge in [-0.2, -0.15) is 0 Å². The number of carbonyl (C=O) groups is 1. The molecule has 8 heteroatoms. The van der Waals surface area contributed by atoms with Gasteiger partial charge in [-0.25, -0.2) is 0 Å². The number of para-hydroxylation sites is 3. The zero-order valence-corrected chi connectivity index (χ0v) is 18.5. The van der Waals surface area contributed by atoms with Crippen LogP contribution < -0.4 is 15.0 Å². The van der Waals surface area contributed by atoms with Gasteiger partial charge >= 0.3 is 0 Å². The zero-order valence-electron chi connectivity index (χ0n) is 17.7. The Bertz CT molecular complexity index is 1000. The molecule has 0 saturated carbocycles. The number of rotatable bonds is 8. The number of carbonyl (C=O) groups excluding carboxylic acids is 1. The molecule has 1 aliphatic heterocycles. The number of hydrogen-bond donors (Lipinski definition) is 1. The quantitative estimate of drug-likeness (QED) is 0.527. The summed E-state index contributed by atoms with van der Waals surface area (Å²) in [7, 11) is 1.67. The first-order valence-electron chi connectivity index (χ1n) is 10.6.